The molecular formula is C21H21F7N6O3. The Kier molecular flexibility index (Phi) is 7.32. The van der Waals surface area contributed by atoms with Crippen LogP contribution in [-0.4, -0.2) is 70.9 Å². The maximum absolute atomic E-state index is 14.4. The van der Waals surface area contributed by atoms with Gasteiger partial charge in [-0.2, -0.15) is 18.3 Å². The van der Waals surface area contributed by atoms with Gasteiger partial charge in [0.15, 0.2) is 5.82 Å². The number of alkyl halides is 5. The van der Waals surface area contributed by atoms with Crippen LogP contribution in [0, 0.1) is 11.6 Å². The Morgan fingerprint density at radius 1 is 1.27 bits per heavy atom. The molecule has 3 amide bonds. The number of urea groups is 1. The van der Waals surface area contributed by atoms with E-state index in [1.54, 1.807) is 0 Å². The van der Waals surface area contributed by atoms with E-state index < -0.39 is 60.1 Å². The molecule has 0 saturated heterocycles. The van der Waals surface area contributed by atoms with E-state index in [-0.39, 0.29) is 38.3 Å². The summed E-state index contributed by atoms with van der Waals surface area (Å²) >= 11 is 0. The number of aromatic nitrogens is 2. The van der Waals surface area contributed by atoms with Gasteiger partial charge < -0.3 is 15.5 Å². The van der Waals surface area contributed by atoms with Crippen molar-refractivity contribution in [3.63, 3.8) is 0 Å². The second-order valence-electron chi connectivity index (χ2n) is 8.42. The summed E-state index contributed by atoms with van der Waals surface area (Å²) < 4.78 is 93.2. The third kappa shape index (κ3) is 5.49. The normalized spacial score (nSPS) is 18.1. The minimum atomic E-state index is -5.31. The van der Waals surface area contributed by atoms with E-state index in [9.17, 15) is 40.3 Å². The first-order chi connectivity index (χ1) is 17.4. The van der Waals surface area contributed by atoms with Crippen molar-refractivity contribution in [2.24, 2.45) is 0 Å². The second-order valence-corrected chi connectivity index (χ2v) is 8.42. The number of nitrogens with zero attached hydrogens (tertiary/aromatic N) is 4. The summed E-state index contributed by atoms with van der Waals surface area (Å²) in [6, 6.07) is 0.107. The number of hydroxylamine groups is 2. The highest BCUT2D eigenvalue weighted by Gasteiger charge is 2.40. The van der Waals surface area contributed by atoms with Crippen molar-refractivity contribution >= 4 is 17.6 Å². The van der Waals surface area contributed by atoms with Crippen LogP contribution in [0.2, 0.25) is 0 Å². The van der Waals surface area contributed by atoms with Crippen molar-refractivity contribution in [1.82, 2.24) is 25.1 Å². The highest BCUT2D eigenvalue weighted by Crippen LogP contribution is 2.36. The molecule has 4 rings (SSSR count). The quantitative estimate of drug-likeness (QED) is 0.572. The van der Waals surface area contributed by atoms with E-state index in [1.165, 1.54) is 11.7 Å². The monoisotopic (exact) mass is 538 g/mol. The lowest BCUT2D eigenvalue weighted by Crippen LogP contribution is -2.40. The summed E-state index contributed by atoms with van der Waals surface area (Å²) in [6.45, 7) is -0.655. The minimum absolute atomic E-state index is 0.00358. The van der Waals surface area contributed by atoms with Gasteiger partial charge in [0.25, 0.3) is 12.3 Å². The number of hydrogen-bond acceptors (Lipinski definition) is 5. The van der Waals surface area contributed by atoms with Crippen LogP contribution in [0.4, 0.5) is 41.2 Å². The number of benzene rings is 1. The second kappa shape index (κ2) is 10.2. The van der Waals surface area contributed by atoms with Crippen molar-refractivity contribution in [3.05, 3.63) is 46.3 Å². The number of hydrogen-bond donors (Lipinski definition) is 2. The third-order valence-electron chi connectivity index (χ3n) is 5.85. The Bertz CT molecular complexity index is 1200. The zero-order valence-electron chi connectivity index (χ0n) is 19.2. The van der Waals surface area contributed by atoms with E-state index in [2.05, 4.69) is 10.4 Å². The molecule has 1 aromatic heterocycles. The molecule has 1 atom stereocenters. The number of fused-ring (bicyclic) bond motifs is 3. The van der Waals surface area contributed by atoms with E-state index in [0.29, 0.717) is 23.4 Å². The lowest BCUT2D eigenvalue weighted by atomic mass is 10.0. The summed E-state index contributed by atoms with van der Waals surface area (Å²) in [5.74, 6) is -4.38. The molecule has 0 bridgehead atoms. The summed E-state index contributed by atoms with van der Waals surface area (Å²) in [5.41, 5.74) is -2.03. The molecule has 37 heavy (non-hydrogen) atoms. The van der Waals surface area contributed by atoms with Gasteiger partial charge in [-0.25, -0.2) is 27.4 Å². The van der Waals surface area contributed by atoms with E-state index in [0.717, 1.165) is 9.96 Å². The molecule has 2 N–H and O–H groups in total. The predicted molar refractivity (Wildman–Crippen MR) is 113 cm³/mol. The Morgan fingerprint density at radius 2 is 2.00 bits per heavy atom. The predicted octanol–water partition coefficient (Wildman–Crippen LogP) is 3.01. The fourth-order valence-corrected chi connectivity index (χ4v) is 4.18. The molecule has 16 heteroatoms. The van der Waals surface area contributed by atoms with Gasteiger partial charge in [-0.3, -0.25) is 14.3 Å². The molecule has 0 aliphatic carbocycles. The fourth-order valence-electron chi connectivity index (χ4n) is 4.18. The van der Waals surface area contributed by atoms with Crippen LogP contribution < -0.4 is 10.6 Å². The molecule has 2 aromatic rings. The fraction of sp³-hybridized carbons (Fsp3) is 0.476. The van der Waals surface area contributed by atoms with Gasteiger partial charge in [-0.15, -0.1) is 0 Å². The molecule has 0 saturated carbocycles. The van der Waals surface area contributed by atoms with Crippen LogP contribution in [0.15, 0.2) is 12.1 Å². The molecule has 9 nitrogen and oxygen atoms in total. The SMILES string of the molecule is CN1O[C@H](CNCC(F)F)Cn2nc3c(c2C1=O)CN(C(=O)Nc1ccc(F)c(C(F)(F)F)c1F)CC3. The number of carbonyl (C=O) groups excluding carboxylic acids is 2. The topological polar surface area (TPSA) is 91.7 Å². The number of halogens is 7. The van der Waals surface area contributed by atoms with Crippen LogP contribution in [0.25, 0.3) is 0 Å². The van der Waals surface area contributed by atoms with Crippen molar-refractivity contribution in [1.29, 1.82) is 0 Å². The number of amides is 3. The van der Waals surface area contributed by atoms with E-state index in [1.807, 2.05) is 5.32 Å². The largest absolute Gasteiger partial charge is 0.422 e. The van der Waals surface area contributed by atoms with Gasteiger partial charge in [0, 0.05) is 32.1 Å². The number of carbonyl (C=O) groups is 2. The molecule has 3 heterocycles. The first-order valence-electron chi connectivity index (χ1n) is 11.0. The molecule has 202 valence electrons. The summed E-state index contributed by atoms with van der Waals surface area (Å²) in [6.07, 6.45) is -8.42. The lowest BCUT2D eigenvalue weighted by Gasteiger charge is -2.27. The summed E-state index contributed by atoms with van der Waals surface area (Å²) in [5, 5.41) is 9.89. The summed E-state index contributed by atoms with van der Waals surface area (Å²) in [4.78, 5) is 32.4. The first-order valence-corrected chi connectivity index (χ1v) is 11.0. The third-order valence-corrected chi connectivity index (χ3v) is 5.85. The zero-order chi connectivity index (χ0) is 27.1. The number of nitrogens with one attached hydrogen (secondary N) is 2. The molecule has 0 radical (unpaired) electrons. The van der Waals surface area contributed by atoms with Crippen LogP contribution in [0.3, 0.4) is 0 Å². The standard InChI is InChI=1S/C21H21F7N6O3/c1-32-19(35)18-11-9-33(20(36)30-14-3-2-12(22)16(17(14)25)21(26,27)28)5-4-13(11)31-34(18)8-10(37-32)6-29-7-15(23)24/h2-3,10,15,29H,4-9H2,1H3,(H,30,36)/t10-/m1/s1. The smallest absolute Gasteiger partial charge is 0.320 e. The number of anilines is 1. The molecular weight excluding hydrogens is 517 g/mol. The Hall–Kier alpha value is -3.40. The molecule has 1 aromatic carbocycles. The minimum Gasteiger partial charge on any atom is -0.320 e. The van der Waals surface area contributed by atoms with Gasteiger partial charge in [-0.05, 0) is 12.1 Å². The van der Waals surface area contributed by atoms with Gasteiger partial charge in [0.05, 0.1) is 31.0 Å². The highest BCUT2D eigenvalue weighted by atomic mass is 19.4. The van der Waals surface area contributed by atoms with Crippen molar-refractivity contribution in [2.45, 2.75) is 38.2 Å². The lowest BCUT2D eigenvalue weighted by molar-refractivity contribution is -0.146. The van der Waals surface area contributed by atoms with E-state index in [4.69, 9.17) is 4.84 Å². The van der Waals surface area contributed by atoms with Crippen LogP contribution in [0.1, 0.15) is 27.3 Å². The van der Waals surface area contributed by atoms with Crippen molar-refractivity contribution in [3.8, 4) is 0 Å². The van der Waals surface area contributed by atoms with Crippen molar-refractivity contribution < 1.29 is 45.2 Å². The average Bonchev–Trinajstić information content (AvgIpc) is 3.10. The Morgan fingerprint density at radius 3 is 2.68 bits per heavy atom. The first kappa shape index (κ1) is 26.7. The van der Waals surface area contributed by atoms with E-state index >= 15 is 0 Å². The van der Waals surface area contributed by atoms with Crippen molar-refractivity contribution in [2.75, 3.05) is 32.0 Å². The zero-order valence-corrected chi connectivity index (χ0v) is 19.2. The summed E-state index contributed by atoms with van der Waals surface area (Å²) in [7, 11) is 1.33. The highest BCUT2D eigenvalue weighted by molar-refractivity contribution is 5.94. The van der Waals surface area contributed by atoms with Gasteiger partial charge in [-0.1, -0.05) is 0 Å². The molecule has 2 aliphatic heterocycles. The van der Waals surface area contributed by atoms with Crippen LogP contribution in [0.5, 0.6) is 0 Å². The molecule has 0 spiro atoms. The maximum atomic E-state index is 14.4. The van der Waals surface area contributed by atoms with Crippen LogP contribution in [-0.2, 0) is 30.5 Å². The van der Waals surface area contributed by atoms with Gasteiger partial charge >= 0.3 is 12.2 Å². The number of rotatable bonds is 5. The van der Waals surface area contributed by atoms with Crippen LogP contribution >= 0.6 is 0 Å². The molecule has 0 fully saturated rings. The molecule has 2 aliphatic rings. The molecule has 0 unspecified atom stereocenters. The average molecular weight is 538 g/mol. The Labute approximate surface area is 205 Å². The Balaban J connectivity index is 1.53. The van der Waals surface area contributed by atoms with Gasteiger partial charge in [0.2, 0.25) is 0 Å². The maximum Gasteiger partial charge on any atom is 0.422 e. The van der Waals surface area contributed by atoms with Gasteiger partial charge in [0.1, 0.15) is 23.2 Å².